The fraction of sp³-hybridized carbons (Fsp3) is 1.00. The molecule has 0 amide bonds. The number of fused-ring (bicyclic) bond motifs is 1. The molecule has 2 nitrogen and oxygen atoms in total. The summed E-state index contributed by atoms with van der Waals surface area (Å²) in [6.45, 7) is 7.13. The average molecular weight is 181 g/mol. The quantitative estimate of drug-likeness (QED) is 0.605. The van der Waals surface area contributed by atoms with Crippen LogP contribution >= 0.6 is 0 Å². The van der Waals surface area contributed by atoms with Gasteiger partial charge in [0.1, 0.15) is 0 Å². The lowest BCUT2D eigenvalue weighted by Gasteiger charge is -2.35. The predicted octanol–water partition coefficient (Wildman–Crippen LogP) is 1.36. The molecule has 2 unspecified atom stereocenters. The minimum Gasteiger partial charge on any atom is -0.378 e. The van der Waals surface area contributed by atoms with E-state index in [1.807, 2.05) is 0 Å². The third-order valence-corrected chi connectivity index (χ3v) is 4.15. The summed E-state index contributed by atoms with van der Waals surface area (Å²) in [6, 6.07) is 0.779. The number of nitrogens with zero attached hydrogens (tertiary/aromatic N) is 1. The Kier molecular flexibility index (Phi) is 1.88. The van der Waals surface area contributed by atoms with E-state index in [4.69, 9.17) is 4.74 Å². The van der Waals surface area contributed by atoms with Crippen molar-refractivity contribution in [1.82, 2.24) is 4.90 Å². The molecule has 2 heterocycles. The van der Waals surface area contributed by atoms with E-state index in [-0.39, 0.29) is 0 Å². The Bertz CT molecular complexity index is 188. The van der Waals surface area contributed by atoms with Gasteiger partial charge in [-0.25, -0.2) is 0 Å². The van der Waals surface area contributed by atoms with E-state index in [1.54, 1.807) is 0 Å². The lowest BCUT2D eigenvalue weighted by molar-refractivity contribution is -0.0596. The van der Waals surface area contributed by atoms with E-state index >= 15 is 0 Å². The first-order valence-electron chi connectivity index (χ1n) is 5.64. The van der Waals surface area contributed by atoms with Crippen LogP contribution in [0.25, 0.3) is 0 Å². The molecular weight excluding hydrogens is 162 g/mol. The van der Waals surface area contributed by atoms with Gasteiger partial charge < -0.3 is 4.74 Å². The van der Waals surface area contributed by atoms with Crippen LogP contribution < -0.4 is 0 Å². The summed E-state index contributed by atoms with van der Waals surface area (Å²) in [5, 5.41) is 0. The molecule has 74 valence electrons. The first kappa shape index (κ1) is 8.25. The smallest absolute Gasteiger partial charge is 0.0645 e. The molecular formula is C11H19NO. The van der Waals surface area contributed by atoms with Crippen LogP contribution in [0.15, 0.2) is 0 Å². The number of hydrogen-bond donors (Lipinski definition) is 0. The summed E-state index contributed by atoms with van der Waals surface area (Å²) < 4.78 is 5.25. The lowest BCUT2D eigenvalue weighted by atomic mass is 10.0. The molecule has 0 radical (unpaired) electrons. The largest absolute Gasteiger partial charge is 0.378 e. The first-order valence-corrected chi connectivity index (χ1v) is 5.64. The van der Waals surface area contributed by atoms with Gasteiger partial charge in [0.05, 0.1) is 19.3 Å². The van der Waals surface area contributed by atoms with E-state index < -0.39 is 0 Å². The van der Waals surface area contributed by atoms with Gasteiger partial charge in [-0.1, -0.05) is 6.92 Å². The van der Waals surface area contributed by atoms with Gasteiger partial charge in [-0.3, -0.25) is 4.90 Å². The number of ether oxygens (including phenoxy) is 1. The fourth-order valence-electron chi connectivity index (χ4n) is 3.37. The van der Waals surface area contributed by atoms with Crippen LogP contribution in [0.3, 0.4) is 0 Å². The first-order chi connectivity index (χ1) is 6.33. The summed E-state index contributed by atoms with van der Waals surface area (Å²) in [4.78, 5) is 2.67. The zero-order valence-electron chi connectivity index (χ0n) is 8.41. The maximum Gasteiger partial charge on any atom is 0.0645 e. The van der Waals surface area contributed by atoms with Crippen molar-refractivity contribution in [3.8, 4) is 0 Å². The van der Waals surface area contributed by atoms with Crippen LogP contribution in [0.2, 0.25) is 0 Å². The minimum atomic E-state index is 0.779. The highest BCUT2D eigenvalue weighted by molar-refractivity contribution is 4.94. The summed E-state index contributed by atoms with van der Waals surface area (Å²) in [7, 11) is 0. The second-order valence-corrected chi connectivity index (χ2v) is 5.24. The standard InChI is InChI=1S/C11H19NO/c1-8-2-9-4-12(5-10(9)3-8)11-6-13-7-11/h8-11H,2-7H2,1H3. The number of likely N-dealkylation sites (tertiary alicyclic amines) is 1. The van der Waals surface area contributed by atoms with Crippen molar-refractivity contribution in [2.24, 2.45) is 17.8 Å². The Hall–Kier alpha value is -0.0800. The summed E-state index contributed by atoms with van der Waals surface area (Å²) >= 11 is 0. The Morgan fingerprint density at radius 3 is 2.15 bits per heavy atom. The zero-order valence-corrected chi connectivity index (χ0v) is 8.41. The molecule has 3 rings (SSSR count). The molecule has 0 aromatic carbocycles. The van der Waals surface area contributed by atoms with Crippen molar-refractivity contribution >= 4 is 0 Å². The van der Waals surface area contributed by atoms with Crippen molar-refractivity contribution in [2.45, 2.75) is 25.8 Å². The van der Waals surface area contributed by atoms with Crippen LogP contribution in [0, 0.1) is 17.8 Å². The molecule has 2 saturated heterocycles. The van der Waals surface area contributed by atoms with Crippen LogP contribution in [-0.2, 0) is 4.74 Å². The highest BCUT2D eigenvalue weighted by Crippen LogP contribution is 2.42. The van der Waals surface area contributed by atoms with Crippen molar-refractivity contribution in [3.05, 3.63) is 0 Å². The molecule has 0 bridgehead atoms. The average Bonchev–Trinajstić information content (AvgIpc) is 2.39. The van der Waals surface area contributed by atoms with Crippen LogP contribution in [0.5, 0.6) is 0 Å². The van der Waals surface area contributed by atoms with Gasteiger partial charge in [0.2, 0.25) is 0 Å². The molecule has 1 saturated carbocycles. The molecule has 2 heteroatoms. The highest BCUT2D eigenvalue weighted by atomic mass is 16.5. The molecule has 0 aromatic rings. The van der Waals surface area contributed by atoms with Gasteiger partial charge in [-0.05, 0) is 30.6 Å². The van der Waals surface area contributed by atoms with Gasteiger partial charge in [-0.15, -0.1) is 0 Å². The Morgan fingerprint density at radius 2 is 1.69 bits per heavy atom. The summed E-state index contributed by atoms with van der Waals surface area (Å²) in [6.07, 6.45) is 2.96. The van der Waals surface area contributed by atoms with Crippen molar-refractivity contribution in [1.29, 1.82) is 0 Å². The normalized spacial score (nSPS) is 46.4. The maximum absolute atomic E-state index is 5.25. The number of hydrogen-bond acceptors (Lipinski definition) is 2. The van der Waals surface area contributed by atoms with Crippen LogP contribution in [0.1, 0.15) is 19.8 Å². The second-order valence-electron chi connectivity index (χ2n) is 5.24. The minimum absolute atomic E-state index is 0.779. The molecule has 3 fully saturated rings. The van der Waals surface area contributed by atoms with E-state index in [9.17, 15) is 0 Å². The van der Waals surface area contributed by atoms with Gasteiger partial charge >= 0.3 is 0 Å². The SMILES string of the molecule is CC1CC2CN(C3COC3)CC2C1. The Balaban J connectivity index is 1.61. The van der Waals surface area contributed by atoms with E-state index in [0.29, 0.717) is 0 Å². The Morgan fingerprint density at radius 1 is 1.08 bits per heavy atom. The zero-order chi connectivity index (χ0) is 8.84. The topological polar surface area (TPSA) is 12.5 Å². The maximum atomic E-state index is 5.25. The third kappa shape index (κ3) is 1.31. The molecule has 13 heavy (non-hydrogen) atoms. The Labute approximate surface area is 80.2 Å². The van der Waals surface area contributed by atoms with Gasteiger partial charge in [-0.2, -0.15) is 0 Å². The highest BCUT2D eigenvalue weighted by Gasteiger charge is 2.42. The van der Waals surface area contributed by atoms with Crippen molar-refractivity contribution < 1.29 is 4.74 Å². The molecule has 0 N–H and O–H groups in total. The predicted molar refractivity (Wildman–Crippen MR) is 51.6 cm³/mol. The van der Waals surface area contributed by atoms with Gasteiger partial charge in [0, 0.05) is 13.1 Å². The molecule has 0 aromatic heterocycles. The van der Waals surface area contributed by atoms with E-state index in [0.717, 1.165) is 37.0 Å². The van der Waals surface area contributed by atoms with E-state index in [2.05, 4.69) is 11.8 Å². The second kappa shape index (κ2) is 2.96. The molecule has 0 spiro atoms. The number of rotatable bonds is 1. The molecule has 2 aliphatic heterocycles. The molecule has 3 aliphatic rings. The molecule has 2 atom stereocenters. The summed E-state index contributed by atoms with van der Waals surface area (Å²) in [5.41, 5.74) is 0. The van der Waals surface area contributed by atoms with Crippen LogP contribution in [-0.4, -0.2) is 37.2 Å². The lowest BCUT2D eigenvalue weighted by Crippen LogP contribution is -2.48. The fourth-order valence-corrected chi connectivity index (χ4v) is 3.37. The molecule has 1 aliphatic carbocycles. The van der Waals surface area contributed by atoms with Gasteiger partial charge in [0.25, 0.3) is 0 Å². The third-order valence-electron chi connectivity index (χ3n) is 4.15. The van der Waals surface area contributed by atoms with Crippen molar-refractivity contribution in [2.75, 3.05) is 26.3 Å². The van der Waals surface area contributed by atoms with Crippen LogP contribution in [0.4, 0.5) is 0 Å². The van der Waals surface area contributed by atoms with Gasteiger partial charge in [0.15, 0.2) is 0 Å². The monoisotopic (exact) mass is 181 g/mol. The summed E-state index contributed by atoms with van der Waals surface area (Å²) in [5.74, 6) is 3.04. The van der Waals surface area contributed by atoms with E-state index in [1.165, 1.54) is 25.9 Å². The van der Waals surface area contributed by atoms with Crippen molar-refractivity contribution in [3.63, 3.8) is 0 Å².